The minimum absolute atomic E-state index is 0.0485. The van der Waals surface area contributed by atoms with E-state index in [1.165, 1.54) is 14.5 Å². The number of carbonyl (C=O) groups is 3. The van der Waals surface area contributed by atoms with Gasteiger partial charge in [-0.3, -0.25) is 0 Å². The molecule has 0 aromatic carbocycles. The summed E-state index contributed by atoms with van der Waals surface area (Å²) in [5.74, 6) is 0. The second kappa shape index (κ2) is 12.1. The van der Waals surface area contributed by atoms with Crippen molar-refractivity contribution < 1.29 is 37.9 Å². The van der Waals surface area contributed by atoms with E-state index in [1.54, 1.807) is 76.3 Å². The lowest BCUT2D eigenvalue weighted by Gasteiger charge is -2.32. The van der Waals surface area contributed by atoms with Crippen molar-refractivity contribution in [2.45, 2.75) is 131 Å². The molecule has 0 atom stereocenters. The third-order valence-electron chi connectivity index (χ3n) is 6.70. The molecule has 0 radical (unpaired) electrons. The molecule has 42 heavy (non-hydrogen) atoms. The molecule has 0 bridgehead atoms. The van der Waals surface area contributed by atoms with Crippen LogP contribution in [-0.2, 0) is 30.1 Å². The number of likely N-dealkylation sites (N-methyl/N-ethyl adjacent to an activating group) is 1. The van der Waals surface area contributed by atoms with E-state index in [0.717, 1.165) is 0 Å². The van der Waals surface area contributed by atoms with Crippen LogP contribution in [0.1, 0.15) is 101 Å². The molecule has 0 saturated carbocycles. The van der Waals surface area contributed by atoms with Crippen molar-refractivity contribution in [2.24, 2.45) is 0 Å². The smallest absolute Gasteiger partial charge is 0.444 e. The van der Waals surface area contributed by atoms with Gasteiger partial charge in [-0.25, -0.2) is 14.4 Å². The molecule has 0 N–H and O–H groups in total. The fourth-order valence-electron chi connectivity index (χ4n) is 3.88. The Hall–Kier alpha value is -2.80. The van der Waals surface area contributed by atoms with E-state index in [9.17, 15) is 14.4 Å². The van der Waals surface area contributed by atoms with Crippen molar-refractivity contribution in [3.8, 4) is 0 Å². The molecule has 0 spiro atoms. The van der Waals surface area contributed by atoms with Crippen LogP contribution in [0.15, 0.2) is 0 Å². The zero-order valence-electron chi connectivity index (χ0n) is 28.3. The maximum Gasteiger partial charge on any atom is 0.498 e. The summed E-state index contributed by atoms with van der Waals surface area (Å²) in [5.41, 5.74) is -2.14. The number of nitrogens with zero attached hydrogens (tertiary/aromatic N) is 4. The first-order valence-electron chi connectivity index (χ1n) is 14.3. The molecule has 1 aliphatic heterocycles. The molecule has 2 heterocycles. The highest BCUT2D eigenvalue weighted by molar-refractivity contribution is 6.63. The number of rotatable bonds is 6. The predicted molar refractivity (Wildman–Crippen MR) is 160 cm³/mol. The van der Waals surface area contributed by atoms with Gasteiger partial charge in [-0.2, -0.15) is 9.78 Å². The summed E-state index contributed by atoms with van der Waals surface area (Å²) in [4.78, 5) is 42.0. The van der Waals surface area contributed by atoms with E-state index in [2.05, 4.69) is 5.10 Å². The van der Waals surface area contributed by atoms with Crippen LogP contribution in [0.3, 0.4) is 0 Å². The average Bonchev–Trinajstić information content (AvgIpc) is 3.18. The predicted octanol–water partition coefficient (Wildman–Crippen LogP) is 4.88. The standard InChI is InChI=1S/C29H51BN4O8/c1-19-21(30-41-28(11,12)29(13,14)42-30)20(31-34(19)24(37)40-27(8,9)10)18-33(23(36)39-26(5,6)7)17-16-32(15)22(35)38-25(2,3)4/h16-18H2,1-15H3. The molecule has 13 heteroatoms. The monoisotopic (exact) mass is 594 g/mol. The lowest BCUT2D eigenvalue weighted by Crippen LogP contribution is -2.44. The van der Waals surface area contributed by atoms with Gasteiger partial charge < -0.3 is 33.3 Å². The molecule has 2 amide bonds. The first kappa shape index (κ1) is 35.4. The fourth-order valence-corrected chi connectivity index (χ4v) is 3.88. The van der Waals surface area contributed by atoms with Gasteiger partial charge >= 0.3 is 25.4 Å². The van der Waals surface area contributed by atoms with Crippen molar-refractivity contribution in [3.05, 3.63) is 11.4 Å². The van der Waals surface area contributed by atoms with E-state index in [4.69, 9.17) is 23.5 Å². The minimum Gasteiger partial charge on any atom is -0.444 e. The Bertz CT molecular complexity index is 1140. The summed E-state index contributed by atoms with van der Waals surface area (Å²) >= 11 is 0. The Kier molecular flexibility index (Phi) is 10.2. The van der Waals surface area contributed by atoms with E-state index >= 15 is 0 Å². The van der Waals surface area contributed by atoms with Crippen molar-refractivity contribution >= 4 is 30.9 Å². The number of aromatic nitrogens is 2. The van der Waals surface area contributed by atoms with Crippen LogP contribution < -0.4 is 5.46 Å². The SMILES string of the molecule is Cc1c(B2OC(C)(C)C(C)(C)O2)c(CN(CCN(C)C(=O)OC(C)(C)C)C(=O)OC(C)(C)C)nn1C(=O)OC(C)(C)C. The quantitative estimate of drug-likeness (QED) is 0.335. The van der Waals surface area contributed by atoms with Gasteiger partial charge in [0.2, 0.25) is 0 Å². The maximum atomic E-state index is 13.4. The third kappa shape index (κ3) is 9.35. The zero-order chi connectivity index (χ0) is 32.6. The topological polar surface area (TPSA) is 122 Å². The lowest BCUT2D eigenvalue weighted by atomic mass is 9.77. The van der Waals surface area contributed by atoms with Gasteiger partial charge in [0.05, 0.1) is 23.4 Å². The summed E-state index contributed by atoms with van der Waals surface area (Å²) in [5, 5.41) is 4.59. The normalized spacial score (nSPS) is 16.7. The average molecular weight is 595 g/mol. The van der Waals surface area contributed by atoms with E-state index in [-0.39, 0.29) is 19.6 Å². The van der Waals surface area contributed by atoms with Crippen molar-refractivity contribution in [3.63, 3.8) is 0 Å². The number of hydrogen-bond donors (Lipinski definition) is 0. The Morgan fingerprint density at radius 3 is 1.71 bits per heavy atom. The van der Waals surface area contributed by atoms with Gasteiger partial charge in [0.1, 0.15) is 16.8 Å². The summed E-state index contributed by atoms with van der Waals surface area (Å²) in [6, 6.07) is 0. The molecule has 1 aromatic heterocycles. The van der Waals surface area contributed by atoms with E-state index < -0.39 is 53.4 Å². The minimum atomic E-state index is -0.855. The summed E-state index contributed by atoms with van der Waals surface area (Å²) < 4.78 is 30.6. The van der Waals surface area contributed by atoms with E-state index in [1.807, 2.05) is 27.7 Å². The number of amides is 2. The van der Waals surface area contributed by atoms with Crippen LogP contribution in [0.5, 0.6) is 0 Å². The maximum absolute atomic E-state index is 13.4. The molecule has 0 aliphatic carbocycles. The van der Waals surface area contributed by atoms with Gasteiger partial charge in [-0.15, -0.1) is 0 Å². The highest BCUT2D eigenvalue weighted by Crippen LogP contribution is 2.37. The fraction of sp³-hybridized carbons (Fsp3) is 0.793. The molecule has 0 unspecified atom stereocenters. The van der Waals surface area contributed by atoms with E-state index in [0.29, 0.717) is 16.9 Å². The zero-order valence-corrected chi connectivity index (χ0v) is 28.3. The molecule has 1 aromatic rings. The van der Waals surface area contributed by atoms with Crippen molar-refractivity contribution in [1.82, 2.24) is 19.6 Å². The Morgan fingerprint density at radius 2 is 1.26 bits per heavy atom. The number of hydrogen-bond acceptors (Lipinski definition) is 9. The van der Waals surface area contributed by atoms with Gasteiger partial charge in [0.15, 0.2) is 0 Å². The van der Waals surface area contributed by atoms with Crippen LogP contribution in [0.25, 0.3) is 0 Å². The van der Waals surface area contributed by atoms with Crippen LogP contribution >= 0.6 is 0 Å². The number of ether oxygens (including phenoxy) is 3. The third-order valence-corrected chi connectivity index (χ3v) is 6.70. The van der Waals surface area contributed by atoms with Gasteiger partial charge in [-0.05, 0) is 96.9 Å². The van der Waals surface area contributed by atoms with Gasteiger partial charge in [-0.1, -0.05) is 0 Å². The summed E-state index contributed by atoms with van der Waals surface area (Å²) in [6.45, 7) is 25.6. The van der Waals surface area contributed by atoms with Crippen molar-refractivity contribution in [1.29, 1.82) is 0 Å². The Morgan fingerprint density at radius 1 is 0.810 bits per heavy atom. The Labute approximate surface area is 251 Å². The molecule has 1 saturated heterocycles. The van der Waals surface area contributed by atoms with Crippen molar-refractivity contribution in [2.75, 3.05) is 20.1 Å². The highest BCUT2D eigenvalue weighted by atomic mass is 16.7. The second-order valence-corrected chi connectivity index (χ2v) is 14.7. The highest BCUT2D eigenvalue weighted by Gasteiger charge is 2.53. The van der Waals surface area contributed by atoms with Gasteiger partial charge in [0.25, 0.3) is 0 Å². The molecule has 1 fully saturated rings. The molecular formula is C29H51BN4O8. The number of carbonyl (C=O) groups excluding carboxylic acids is 3. The lowest BCUT2D eigenvalue weighted by molar-refractivity contribution is 0.00578. The second-order valence-electron chi connectivity index (χ2n) is 14.7. The van der Waals surface area contributed by atoms with Crippen LogP contribution in [-0.4, -0.2) is 93.1 Å². The molecule has 12 nitrogen and oxygen atoms in total. The summed E-state index contributed by atoms with van der Waals surface area (Å²) in [7, 11) is 0.740. The van der Waals surface area contributed by atoms with Crippen LogP contribution in [0.2, 0.25) is 0 Å². The molecule has 1 aliphatic rings. The molecule has 2 rings (SSSR count). The van der Waals surface area contributed by atoms with Gasteiger partial charge in [0, 0.05) is 31.3 Å². The largest absolute Gasteiger partial charge is 0.498 e. The van der Waals surface area contributed by atoms with Crippen LogP contribution in [0.4, 0.5) is 14.4 Å². The summed E-state index contributed by atoms with van der Waals surface area (Å²) in [6.07, 6.45) is -1.79. The Balaban J connectivity index is 2.52. The molecular weight excluding hydrogens is 543 g/mol. The first-order valence-corrected chi connectivity index (χ1v) is 14.3. The first-order chi connectivity index (χ1) is 18.7. The molecule has 238 valence electrons. The van der Waals surface area contributed by atoms with Crippen LogP contribution in [0, 0.1) is 6.92 Å².